The van der Waals surface area contributed by atoms with Crippen LogP contribution in [-0.4, -0.2) is 18.1 Å². The minimum absolute atomic E-state index is 0.113. The summed E-state index contributed by atoms with van der Waals surface area (Å²) in [5.41, 5.74) is 6.70. The Balaban J connectivity index is 2.18. The number of halogens is 1. The van der Waals surface area contributed by atoms with Crippen LogP contribution in [0.1, 0.15) is 25.3 Å². The highest BCUT2D eigenvalue weighted by Gasteiger charge is 2.21. The van der Waals surface area contributed by atoms with Gasteiger partial charge in [0.25, 0.3) is 0 Å². The van der Waals surface area contributed by atoms with Gasteiger partial charge >= 0.3 is 0 Å². The van der Waals surface area contributed by atoms with Gasteiger partial charge in [-0.3, -0.25) is 0 Å². The molecule has 1 heterocycles. The van der Waals surface area contributed by atoms with Gasteiger partial charge in [0, 0.05) is 24.3 Å². The molecule has 1 atom stereocenters. The van der Waals surface area contributed by atoms with E-state index in [0.717, 1.165) is 24.7 Å². The fourth-order valence-electron chi connectivity index (χ4n) is 2.30. The molecule has 1 aliphatic heterocycles. The van der Waals surface area contributed by atoms with Crippen molar-refractivity contribution in [1.82, 2.24) is 0 Å². The van der Waals surface area contributed by atoms with Crippen LogP contribution in [-0.2, 0) is 0 Å². The smallest absolute Gasteiger partial charge is 0.135 e. The molecule has 17 heavy (non-hydrogen) atoms. The summed E-state index contributed by atoms with van der Waals surface area (Å²) in [7, 11) is 0. The molecule has 0 saturated carbocycles. The lowest BCUT2D eigenvalue weighted by Crippen LogP contribution is -2.20. The van der Waals surface area contributed by atoms with Gasteiger partial charge in [-0.05, 0) is 30.5 Å². The number of hydrogen-bond acceptors (Lipinski definition) is 2. The second kappa shape index (κ2) is 5.00. The van der Waals surface area contributed by atoms with Crippen LogP contribution in [0.15, 0.2) is 18.2 Å². The Morgan fingerprint density at radius 1 is 1.59 bits per heavy atom. The molecule has 0 aromatic heterocycles. The number of thiocarbonyl (C=S) groups is 1. The van der Waals surface area contributed by atoms with E-state index in [0.29, 0.717) is 5.56 Å². The molecule has 1 saturated heterocycles. The fourth-order valence-corrected chi connectivity index (χ4v) is 2.47. The average Bonchev–Trinajstić information content (AvgIpc) is 2.76. The average molecular weight is 252 g/mol. The molecule has 1 aromatic carbocycles. The molecule has 0 spiro atoms. The molecule has 2 nitrogen and oxygen atoms in total. The molecule has 92 valence electrons. The molecule has 0 radical (unpaired) electrons. The van der Waals surface area contributed by atoms with E-state index in [1.807, 2.05) is 6.07 Å². The number of rotatable bonds is 3. The zero-order valence-corrected chi connectivity index (χ0v) is 10.8. The lowest BCUT2D eigenvalue weighted by atomic mass is 10.1. The Labute approximate surface area is 107 Å². The van der Waals surface area contributed by atoms with Crippen LogP contribution in [0.2, 0.25) is 0 Å². The monoisotopic (exact) mass is 252 g/mol. The van der Waals surface area contributed by atoms with Gasteiger partial charge in [0.15, 0.2) is 0 Å². The Kier molecular flexibility index (Phi) is 3.62. The Morgan fingerprint density at radius 3 is 2.88 bits per heavy atom. The van der Waals surface area contributed by atoms with Gasteiger partial charge < -0.3 is 10.6 Å². The maximum atomic E-state index is 13.7. The van der Waals surface area contributed by atoms with Crippen molar-refractivity contribution >= 4 is 22.9 Å². The second-order valence-corrected chi connectivity index (χ2v) is 4.98. The van der Waals surface area contributed by atoms with Gasteiger partial charge in [-0.25, -0.2) is 4.39 Å². The van der Waals surface area contributed by atoms with E-state index in [4.69, 9.17) is 18.0 Å². The summed E-state index contributed by atoms with van der Waals surface area (Å²) in [6.45, 7) is 4.22. The van der Waals surface area contributed by atoms with Crippen LogP contribution in [0.25, 0.3) is 0 Å². The van der Waals surface area contributed by atoms with E-state index in [2.05, 4.69) is 11.8 Å². The van der Waals surface area contributed by atoms with Crippen LogP contribution in [0.3, 0.4) is 0 Å². The third-order valence-electron chi connectivity index (χ3n) is 3.45. The maximum Gasteiger partial charge on any atom is 0.135 e. The fraction of sp³-hybridized carbons (Fsp3) is 0.462. The number of benzene rings is 1. The van der Waals surface area contributed by atoms with Gasteiger partial charge in [-0.2, -0.15) is 0 Å². The van der Waals surface area contributed by atoms with Gasteiger partial charge in [0.1, 0.15) is 10.8 Å². The minimum atomic E-state index is -0.324. The molecule has 1 aromatic rings. The normalized spacial score (nSPS) is 19.6. The molecule has 2 N–H and O–H groups in total. The Hall–Kier alpha value is -1.16. The zero-order valence-electron chi connectivity index (χ0n) is 9.95. The molecule has 1 aliphatic rings. The van der Waals surface area contributed by atoms with Gasteiger partial charge in [0.05, 0.1) is 0 Å². The Bertz CT molecular complexity index is 433. The van der Waals surface area contributed by atoms with Crippen molar-refractivity contribution in [2.45, 2.75) is 19.8 Å². The Morgan fingerprint density at radius 2 is 2.35 bits per heavy atom. The highest BCUT2D eigenvalue weighted by atomic mass is 32.1. The highest BCUT2D eigenvalue weighted by Crippen LogP contribution is 2.26. The third kappa shape index (κ3) is 2.57. The van der Waals surface area contributed by atoms with Crippen molar-refractivity contribution in [2.75, 3.05) is 18.0 Å². The summed E-state index contributed by atoms with van der Waals surface area (Å²) in [5.74, 6) is 0.406. The summed E-state index contributed by atoms with van der Waals surface area (Å²) in [6, 6.07) is 5.11. The molecule has 0 amide bonds. The van der Waals surface area contributed by atoms with Crippen molar-refractivity contribution < 1.29 is 4.39 Å². The quantitative estimate of drug-likeness (QED) is 0.839. The number of anilines is 1. The van der Waals surface area contributed by atoms with E-state index >= 15 is 0 Å². The van der Waals surface area contributed by atoms with Gasteiger partial charge in [-0.15, -0.1) is 0 Å². The predicted octanol–water partition coefficient (Wildman–Crippen LogP) is 2.70. The standard InChI is InChI=1S/C13H17FN2S/c1-2-9-5-6-16(8-9)10-3-4-11(13(15)17)12(14)7-10/h3-4,7,9H,2,5-6,8H2,1H3,(H2,15,17). The first kappa shape index (κ1) is 12.3. The number of nitrogens with zero attached hydrogens (tertiary/aromatic N) is 1. The molecule has 2 rings (SSSR count). The molecule has 0 aliphatic carbocycles. The van der Waals surface area contributed by atoms with Crippen LogP contribution < -0.4 is 10.6 Å². The van der Waals surface area contributed by atoms with Crippen molar-refractivity contribution in [3.8, 4) is 0 Å². The topological polar surface area (TPSA) is 29.3 Å². The minimum Gasteiger partial charge on any atom is -0.389 e. The molecule has 1 fully saturated rings. The summed E-state index contributed by atoms with van der Waals surface area (Å²) in [4.78, 5) is 2.34. The van der Waals surface area contributed by atoms with E-state index in [-0.39, 0.29) is 10.8 Å². The van der Waals surface area contributed by atoms with Crippen molar-refractivity contribution in [2.24, 2.45) is 11.7 Å². The van der Waals surface area contributed by atoms with E-state index in [9.17, 15) is 4.39 Å². The molecule has 1 unspecified atom stereocenters. The van der Waals surface area contributed by atoms with Gasteiger partial charge in [-0.1, -0.05) is 25.6 Å². The highest BCUT2D eigenvalue weighted by molar-refractivity contribution is 7.80. The van der Waals surface area contributed by atoms with Crippen molar-refractivity contribution in [1.29, 1.82) is 0 Å². The van der Waals surface area contributed by atoms with Crippen LogP contribution >= 0.6 is 12.2 Å². The van der Waals surface area contributed by atoms with E-state index in [1.54, 1.807) is 6.07 Å². The SMILES string of the molecule is CCC1CCN(c2ccc(C(N)=S)c(F)c2)C1. The molecule has 4 heteroatoms. The lowest BCUT2D eigenvalue weighted by molar-refractivity contribution is 0.569. The van der Waals surface area contributed by atoms with Crippen LogP contribution in [0, 0.1) is 11.7 Å². The van der Waals surface area contributed by atoms with Crippen LogP contribution in [0.5, 0.6) is 0 Å². The van der Waals surface area contributed by atoms with Crippen molar-refractivity contribution in [3.63, 3.8) is 0 Å². The first-order chi connectivity index (χ1) is 8.11. The number of hydrogen-bond donors (Lipinski definition) is 1. The maximum absolute atomic E-state index is 13.7. The van der Waals surface area contributed by atoms with Crippen molar-refractivity contribution in [3.05, 3.63) is 29.6 Å². The third-order valence-corrected chi connectivity index (χ3v) is 3.67. The zero-order chi connectivity index (χ0) is 12.4. The number of nitrogens with two attached hydrogens (primary N) is 1. The largest absolute Gasteiger partial charge is 0.389 e. The lowest BCUT2D eigenvalue weighted by Gasteiger charge is -2.19. The van der Waals surface area contributed by atoms with Gasteiger partial charge in [0.2, 0.25) is 0 Å². The summed E-state index contributed by atoms with van der Waals surface area (Å²) < 4.78 is 13.7. The summed E-state index contributed by atoms with van der Waals surface area (Å²) >= 11 is 4.79. The van der Waals surface area contributed by atoms with Crippen LogP contribution in [0.4, 0.5) is 10.1 Å². The molecular formula is C13H17FN2S. The summed E-state index contributed by atoms with van der Waals surface area (Å²) in [6.07, 6.45) is 2.37. The summed E-state index contributed by atoms with van der Waals surface area (Å²) in [5, 5.41) is 0. The molecular weight excluding hydrogens is 235 g/mol. The molecule has 0 bridgehead atoms. The second-order valence-electron chi connectivity index (χ2n) is 4.54. The first-order valence-corrected chi connectivity index (χ1v) is 6.37. The first-order valence-electron chi connectivity index (χ1n) is 5.96. The predicted molar refractivity (Wildman–Crippen MR) is 72.9 cm³/mol. The van der Waals surface area contributed by atoms with E-state index < -0.39 is 0 Å². The van der Waals surface area contributed by atoms with E-state index in [1.165, 1.54) is 18.9 Å².